The number of carbonyl (C=O) groups is 1. The molecule has 0 aliphatic carbocycles. The number of carbonyl (C=O) groups excluding carboxylic acids is 1. The summed E-state index contributed by atoms with van der Waals surface area (Å²) in [5, 5.41) is 2.98. The topological polar surface area (TPSA) is 38.3 Å². The van der Waals surface area contributed by atoms with Gasteiger partial charge in [0.15, 0.2) is 6.04 Å². The van der Waals surface area contributed by atoms with Gasteiger partial charge in [-0.25, -0.2) is 9.18 Å². The van der Waals surface area contributed by atoms with Gasteiger partial charge in [-0.05, 0) is 67.8 Å². The molecule has 0 radical (unpaired) electrons. The maximum absolute atomic E-state index is 13.3. The Morgan fingerprint density at radius 2 is 1.95 bits per heavy atom. The number of nitrogens with one attached hydrogen (secondary N) is 1. The number of benzene rings is 2. The minimum atomic E-state index is -0.721. The molecule has 2 aromatic carbocycles. The van der Waals surface area contributed by atoms with Gasteiger partial charge in [-0.3, -0.25) is 0 Å². The Kier molecular flexibility index (Phi) is 5.36. The molecule has 3 nitrogen and oxygen atoms in total. The molecule has 0 heterocycles. The normalized spacial score (nSPS) is 11.8. The molecule has 0 spiro atoms. The summed E-state index contributed by atoms with van der Waals surface area (Å²) in [7, 11) is 1.32. The number of ether oxygens (including phenoxy) is 1. The van der Waals surface area contributed by atoms with Crippen LogP contribution in [-0.2, 0) is 9.53 Å². The quantitative estimate of drug-likeness (QED) is 0.735. The Morgan fingerprint density at radius 1 is 1.19 bits per heavy atom. The van der Waals surface area contributed by atoms with E-state index in [1.54, 1.807) is 24.3 Å². The minimum absolute atomic E-state index is 0.374. The molecule has 0 aliphatic heterocycles. The highest BCUT2D eigenvalue weighted by atomic mass is 79.9. The van der Waals surface area contributed by atoms with Crippen molar-refractivity contribution < 1.29 is 13.9 Å². The predicted octanol–water partition coefficient (Wildman–Crippen LogP) is 4.68. The van der Waals surface area contributed by atoms with Gasteiger partial charge in [-0.15, -0.1) is 0 Å². The molecule has 2 rings (SSSR count). The third-order valence-electron chi connectivity index (χ3n) is 2.85. The van der Waals surface area contributed by atoms with Gasteiger partial charge in [0, 0.05) is 14.6 Å². The second kappa shape index (κ2) is 7.04. The fourth-order valence-corrected chi connectivity index (χ4v) is 2.48. The standard InChI is InChI=1S/C15H12Br2FNO2/c1-21-15(20)14(9-5-6-12(16)13(17)7-9)19-11-4-2-3-10(18)8-11/h2-8,14,19H,1H3. The maximum Gasteiger partial charge on any atom is 0.332 e. The van der Waals surface area contributed by atoms with Crippen molar-refractivity contribution in [2.24, 2.45) is 0 Å². The first-order chi connectivity index (χ1) is 10.0. The molecule has 0 saturated heterocycles. The van der Waals surface area contributed by atoms with Crippen molar-refractivity contribution in [1.29, 1.82) is 0 Å². The zero-order valence-electron chi connectivity index (χ0n) is 11.1. The smallest absolute Gasteiger partial charge is 0.332 e. The molecule has 2 aromatic rings. The molecule has 1 unspecified atom stereocenters. The van der Waals surface area contributed by atoms with Gasteiger partial charge < -0.3 is 10.1 Å². The molecule has 0 bridgehead atoms. The van der Waals surface area contributed by atoms with Crippen LogP contribution in [0.25, 0.3) is 0 Å². The van der Waals surface area contributed by atoms with E-state index in [1.807, 2.05) is 6.07 Å². The van der Waals surface area contributed by atoms with Crippen molar-refractivity contribution in [3.8, 4) is 0 Å². The molecule has 6 heteroatoms. The summed E-state index contributed by atoms with van der Waals surface area (Å²) in [6.45, 7) is 0. The fourth-order valence-electron chi connectivity index (χ4n) is 1.83. The van der Waals surface area contributed by atoms with Crippen LogP contribution in [0.4, 0.5) is 10.1 Å². The fraction of sp³-hybridized carbons (Fsp3) is 0.133. The third kappa shape index (κ3) is 4.04. The summed E-state index contributed by atoms with van der Waals surface area (Å²) < 4.78 is 19.8. The van der Waals surface area contributed by atoms with Crippen LogP contribution in [0.2, 0.25) is 0 Å². The molecular formula is C15H12Br2FNO2. The molecule has 0 aliphatic rings. The summed E-state index contributed by atoms with van der Waals surface area (Å²) in [5.41, 5.74) is 1.21. The lowest BCUT2D eigenvalue weighted by Gasteiger charge is -2.18. The van der Waals surface area contributed by atoms with Gasteiger partial charge in [0.05, 0.1) is 7.11 Å². The third-order valence-corrected chi connectivity index (χ3v) is 4.73. The number of anilines is 1. The highest BCUT2D eigenvalue weighted by Crippen LogP contribution is 2.29. The van der Waals surface area contributed by atoms with Gasteiger partial charge in [0.2, 0.25) is 0 Å². The number of hydrogen-bond donors (Lipinski definition) is 1. The monoisotopic (exact) mass is 415 g/mol. The second-order valence-corrected chi connectivity index (χ2v) is 5.99. The van der Waals surface area contributed by atoms with Gasteiger partial charge >= 0.3 is 5.97 Å². The first-order valence-corrected chi connectivity index (χ1v) is 7.64. The van der Waals surface area contributed by atoms with E-state index >= 15 is 0 Å². The number of esters is 1. The molecule has 110 valence electrons. The lowest BCUT2D eigenvalue weighted by Crippen LogP contribution is -2.22. The molecule has 0 aromatic heterocycles. The minimum Gasteiger partial charge on any atom is -0.467 e. The Balaban J connectivity index is 2.34. The van der Waals surface area contributed by atoms with Crippen LogP contribution in [0.15, 0.2) is 51.4 Å². The Hall–Kier alpha value is -1.40. The van der Waals surface area contributed by atoms with Gasteiger partial charge in [0.1, 0.15) is 5.82 Å². The number of methoxy groups -OCH3 is 1. The summed E-state index contributed by atoms with van der Waals surface area (Å²) in [6, 6.07) is 10.6. The molecule has 0 fully saturated rings. The van der Waals surface area contributed by atoms with E-state index in [1.165, 1.54) is 19.2 Å². The summed E-state index contributed by atoms with van der Waals surface area (Å²) in [6.07, 6.45) is 0. The average molecular weight is 417 g/mol. The van der Waals surface area contributed by atoms with Crippen LogP contribution < -0.4 is 5.32 Å². The molecule has 1 atom stereocenters. The Bertz CT molecular complexity index is 664. The Labute approximate surface area is 138 Å². The largest absolute Gasteiger partial charge is 0.467 e. The van der Waals surface area contributed by atoms with Crippen molar-refractivity contribution in [3.05, 3.63) is 62.8 Å². The highest BCUT2D eigenvalue weighted by Gasteiger charge is 2.22. The van der Waals surface area contributed by atoms with Crippen LogP contribution in [0.1, 0.15) is 11.6 Å². The van der Waals surface area contributed by atoms with E-state index < -0.39 is 12.0 Å². The van der Waals surface area contributed by atoms with Crippen molar-refractivity contribution in [2.45, 2.75) is 6.04 Å². The van der Waals surface area contributed by atoms with Crippen LogP contribution in [0.3, 0.4) is 0 Å². The maximum atomic E-state index is 13.3. The summed E-state index contributed by atoms with van der Waals surface area (Å²) in [5.74, 6) is -0.825. The summed E-state index contributed by atoms with van der Waals surface area (Å²) >= 11 is 6.77. The van der Waals surface area contributed by atoms with Crippen LogP contribution in [-0.4, -0.2) is 13.1 Å². The molecule has 21 heavy (non-hydrogen) atoms. The van der Waals surface area contributed by atoms with E-state index in [2.05, 4.69) is 37.2 Å². The zero-order valence-corrected chi connectivity index (χ0v) is 14.2. The van der Waals surface area contributed by atoms with Crippen molar-refractivity contribution in [3.63, 3.8) is 0 Å². The molecule has 0 saturated carbocycles. The number of rotatable bonds is 4. The van der Waals surface area contributed by atoms with Crippen LogP contribution in [0.5, 0.6) is 0 Å². The van der Waals surface area contributed by atoms with Crippen molar-refractivity contribution in [2.75, 3.05) is 12.4 Å². The SMILES string of the molecule is COC(=O)C(Nc1cccc(F)c1)c1ccc(Br)c(Br)c1. The Morgan fingerprint density at radius 3 is 2.57 bits per heavy atom. The summed E-state index contributed by atoms with van der Waals surface area (Å²) in [4.78, 5) is 12.0. The van der Waals surface area contributed by atoms with E-state index in [9.17, 15) is 9.18 Å². The lowest BCUT2D eigenvalue weighted by atomic mass is 10.1. The first-order valence-electron chi connectivity index (χ1n) is 6.06. The van der Waals surface area contributed by atoms with Gasteiger partial charge in [-0.1, -0.05) is 12.1 Å². The number of hydrogen-bond acceptors (Lipinski definition) is 3. The van der Waals surface area contributed by atoms with Crippen molar-refractivity contribution in [1.82, 2.24) is 0 Å². The highest BCUT2D eigenvalue weighted by molar-refractivity contribution is 9.13. The second-order valence-electron chi connectivity index (χ2n) is 4.28. The van der Waals surface area contributed by atoms with Gasteiger partial charge in [-0.2, -0.15) is 0 Å². The van der Waals surface area contributed by atoms with E-state index in [4.69, 9.17) is 4.74 Å². The molecular weight excluding hydrogens is 405 g/mol. The van der Waals surface area contributed by atoms with Gasteiger partial charge in [0.25, 0.3) is 0 Å². The van der Waals surface area contributed by atoms with E-state index in [0.29, 0.717) is 11.3 Å². The molecule has 1 N–H and O–H groups in total. The van der Waals surface area contributed by atoms with Crippen molar-refractivity contribution >= 4 is 43.5 Å². The number of halogens is 3. The zero-order chi connectivity index (χ0) is 15.4. The molecule has 0 amide bonds. The van der Waals surface area contributed by atoms with E-state index in [0.717, 1.165) is 8.95 Å². The predicted molar refractivity (Wildman–Crippen MR) is 86.6 cm³/mol. The van der Waals surface area contributed by atoms with Crippen LogP contribution >= 0.6 is 31.9 Å². The van der Waals surface area contributed by atoms with Crippen LogP contribution in [0, 0.1) is 5.82 Å². The average Bonchev–Trinajstić information content (AvgIpc) is 2.47. The lowest BCUT2D eigenvalue weighted by molar-refractivity contribution is -0.141. The van der Waals surface area contributed by atoms with E-state index in [-0.39, 0.29) is 5.82 Å². The first kappa shape index (κ1) is 16.0.